The van der Waals surface area contributed by atoms with Crippen LogP contribution in [0.25, 0.3) is 0 Å². The second-order valence-corrected chi connectivity index (χ2v) is 6.08. The maximum Gasteiger partial charge on any atom is 0.337 e. The maximum atomic E-state index is 11.4. The van der Waals surface area contributed by atoms with E-state index in [0.717, 1.165) is 5.75 Å². The first kappa shape index (κ1) is 13.5. The molecule has 1 spiro atoms. The van der Waals surface area contributed by atoms with E-state index in [4.69, 9.17) is 9.47 Å². The molecule has 0 saturated heterocycles. The van der Waals surface area contributed by atoms with Crippen LogP contribution in [-0.4, -0.2) is 19.2 Å². The zero-order valence-electron chi connectivity index (χ0n) is 12.1. The minimum Gasteiger partial charge on any atom is -0.490 e. The largest absolute Gasteiger partial charge is 0.490 e. The number of esters is 1. The standard InChI is InChI=1S/C17H22O3/c1-19-16(18)13-5-7-14(8-6-13)20-15-9-12-17(15)10-3-2-4-11-17/h5-8,15H,2-4,9-12H2,1H3. The first-order chi connectivity index (χ1) is 9.73. The van der Waals surface area contributed by atoms with E-state index >= 15 is 0 Å². The summed E-state index contributed by atoms with van der Waals surface area (Å²) >= 11 is 0. The molecule has 2 aliphatic rings. The minimum absolute atomic E-state index is 0.302. The second-order valence-electron chi connectivity index (χ2n) is 6.08. The summed E-state index contributed by atoms with van der Waals surface area (Å²) in [6, 6.07) is 7.29. The number of hydrogen-bond acceptors (Lipinski definition) is 3. The van der Waals surface area contributed by atoms with Crippen LogP contribution in [0.1, 0.15) is 55.3 Å². The Bertz CT molecular complexity index is 472. The van der Waals surface area contributed by atoms with Gasteiger partial charge in [-0.1, -0.05) is 19.3 Å². The molecule has 3 rings (SSSR count). The summed E-state index contributed by atoms with van der Waals surface area (Å²) < 4.78 is 10.9. The normalized spacial score (nSPS) is 23.9. The molecular formula is C17H22O3. The van der Waals surface area contributed by atoms with Crippen molar-refractivity contribution in [1.29, 1.82) is 0 Å². The molecule has 3 heteroatoms. The van der Waals surface area contributed by atoms with E-state index in [2.05, 4.69) is 0 Å². The Hall–Kier alpha value is -1.51. The van der Waals surface area contributed by atoms with E-state index in [1.807, 2.05) is 12.1 Å². The number of carbonyl (C=O) groups is 1. The van der Waals surface area contributed by atoms with Crippen LogP contribution in [0.2, 0.25) is 0 Å². The van der Waals surface area contributed by atoms with E-state index in [9.17, 15) is 4.79 Å². The van der Waals surface area contributed by atoms with Crippen LogP contribution in [-0.2, 0) is 4.74 Å². The lowest BCUT2D eigenvalue weighted by molar-refractivity contribution is -0.0703. The fourth-order valence-corrected chi connectivity index (χ4v) is 3.63. The molecule has 1 aromatic rings. The quantitative estimate of drug-likeness (QED) is 0.782. The van der Waals surface area contributed by atoms with Gasteiger partial charge in [-0.05, 0) is 49.9 Å². The summed E-state index contributed by atoms with van der Waals surface area (Å²) in [6.07, 6.45) is 9.56. The predicted molar refractivity (Wildman–Crippen MR) is 76.9 cm³/mol. The van der Waals surface area contributed by atoms with Gasteiger partial charge in [-0.25, -0.2) is 4.79 Å². The van der Waals surface area contributed by atoms with Crippen molar-refractivity contribution in [3.8, 4) is 5.75 Å². The fraction of sp³-hybridized carbons (Fsp3) is 0.588. The Kier molecular flexibility index (Phi) is 3.68. The molecule has 0 bridgehead atoms. The maximum absolute atomic E-state index is 11.4. The lowest BCUT2D eigenvalue weighted by atomic mass is 9.58. The third-order valence-corrected chi connectivity index (χ3v) is 4.99. The number of ether oxygens (including phenoxy) is 2. The summed E-state index contributed by atoms with van der Waals surface area (Å²) in [6.45, 7) is 0. The lowest BCUT2D eigenvalue weighted by Crippen LogP contribution is -2.49. The van der Waals surface area contributed by atoms with E-state index < -0.39 is 0 Å². The van der Waals surface area contributed by atoms with Crippen molar-refractivity contribution < 1.29 is 14.3 Å². The Morgan fingerprint density at radius 3 is 2.35 bits per heavy atom. The highest BCUT2D eigenvalue weighted by Crippen LogP contribution is 2.53. The van der Waals surface area contributed by atoms with Crippen LogP contribution < -0.4 is 4.74 Å². The van der Waals surface area contributed by atoms with Crippen molar-refractivity contribution in [2.75, 3.05) is 7.11 Å². The molecular weight excluding hydrogens is 252 g/mol. The molecule has 2 saturated carbocycles. The van der Waals surface area contributed by atoms with Crippen molar-refractivity contribution in [1.82, 2.24) is 0 Å². The van der Waals surface area contributed by atoms with Gasteiger partial charge in [0.1, 0.15) is 11.9 Å². The van der Waals surface area contributed by atoms with Gasteiger partial charge in [-0.3, -0.25) is 0 Å². The highest BCUT2D eigenvalue weighted by molar-refractivity contribution is 5.89. The molecule has 1 aromatic carbocycles. The molecule has 1 atom stereocenters. The van der Waals surface area contributed by atoms with Gasteiger partial charge in [0, 0.05) is 5.41 Å². The van der Waals surface area contributed by atoms with Crippen molar-refractivity contribution in [2.24, 2.45) is 5.41 Å². The summed E-state index contributed by atoms with van der Waals surface area (Å²) in [5, 5.41) is 0. The zero-order valence-corrected chi connectivity index (χ0v) is 12.1. The molecule has 108 valence electrons. The average Bonchev–Trinajstić information content (AvgIpc) is 2.52. The van der Waals surface area contributed by atoms with Crippen LogP contribution in [0.4, 0.5) is 0 Å². The first-order valence-electron chi connectivity index (χ1n) is 7.59. The predicted octanol–water partition coefficient (Wildman–Crippen LogP) is 3.96. The van der Waals surface area contributed by atoms with Gasteiger partial charge in [-0.15, -0.1) is 0 Å². The third kappa shape index (κ3) is 2.41. The van der Waals surface area contributed by atoms with Gasteiger partial charge in [0.05, 0.1) is 12.7 Å². The molecule has 3 nitrogen and oxygen atoms in total. The lowest BCUT2D eigenvalue weighted by Gasteiger charge is -2.51. The average molecular weight is 274 g/mol. The van der Waals surface area contributed by atoms with Gasteiger partial charge >= 0.3 is 5.97 Å². The summed E-state index contributed by atoms with van der Waals surface area (Å²) in [4.78, 5) is 11.4. The van der Waals surface area contributed by atoms with Crippen molar-refractivity contribution in [3.05, 3.63) is 29.8 Å². The third-order valence-electron chi connectivity index (χ3n) is 4.99. The van der Waals surface area contributed by atoms with E-state index in [1.54, 1.807) is 12.1 Å². The van der Waals surface area contributed by atoms with E-state index in [0.29, 0.717) is 17.1 Å². The number of hydrogen-bond donors (Lipinski definition) is 0. The van der Waals surface area contributed by atoms with Gasteiger partial charge in [-0.2, -0.15) is 0 Å². The Balaban J connectivity index is 1.64. The van der Waals surface area contributed by atoms with Gasteiger partial charge < -0.3 is 9.47 Å². The van der Waals surface area contributed by atoms with Gasteiger partial charge in [0.2, 0.25) is 0 Å². The smallest absolute Gasteiger partial charge is 0.337 e. The molecule has 0 heterocycles. The number of methoxy groups -OCH3 is 1. The number of carbonyl (C=O) groups excluding carboxylic acids is 1. The van der Waals surface area contributed by atoms with Gasteiger partial charge in [0.15, 0.2) is 0 Å². The van der Waals surface area contributed by atoms with Gasteiger partial charge in [0.25, 0.3) is 0 Å². The summed E-state index contributed by atoms with van der Waals surface area (Å²) in [5.41, 5.74) is 1.01. The number of benzene rings is 1. The summed E-state index contributed by atoms with van der Waals surface area (Å²) in [5.74, 6) is 0.566. The van der Waals surface area contributed by atoms with Crippen LogP contribution in [0.5, 0.6) is 5.75 Å². The topological polar surface area (TPSA) is 35.5 Å². The van der Waals surface area contributed by atoms with E-state index in [-0.39, 0.29) is 5.97 Å². The fourth-order valence-electron chi connectivity index (χ4n) is 3.63. The van der Waals surface area contributed by atoms with Crippen molar-refractivity contribution in [3.63, 3.8) is 0 Å². The monoisotopic (exact) mass is 274 g/mol. The Morgan fingerprint density at radius 1 is 1.10 bits per heavy atom. The molecule has 0 N–H and O–H groups in total. The van der Waals surface area contributed by atoms with Crippen molar-refractivity contribution in [2.45, 2.75) is 51.0 Å². The molecule has 20 heavy (non-hydrogen) atoms. The highest BCUT2D eigenvalue weighted by atomic mass is 16.5. The van der Waals surface area contributed by atoms with E-state index in [1.165, 1.54) is 52.1 Å². The Morgan fingerprint density at radius 2 is 1.80 bits per heavy atom. The SMILES string of the molecule is COC(=O)c1ccc(OC2CCC23CCCCC3)cc1. The molecule has 0 amide bonds. The molecule has 0 aliphatic heterocycles. The zero-order chi connectivity index (χ0) is 14.0. The number of rotatable bonds is 3. The van der Waals surface area contributed by atoms with Crippen molar-refractivity contribution >= 4 is 5.97 Å². The van der Waals surface area contributed by atoms with Crippen LogP contribution >= 0.6 is 0 Å². The minimum atomic E-state index is -0.302. The highest BCUT2D eigenvalue weighted by Gasteiger charge is 2.48. The molecule has 1 unspecified atom stereocenters. The first-order valence-corrected chi connectivity index (χ1v) is 7.59. The molecule has 2 fully saturated rings. The second kappa shape index (κ2) is 5.47. The molecule has 0 radical (unpaired) electrons. The Labute approximate surface area is 120 Å². The van der Waals surface area contributed by atoms with Crippen LogP contribution in [0.3, 0.4) is 0 Å². The molecule has 0 aromatic heterocycles. The van der Waals surface area contributed by atoms with Crippen LogP contribution in [0, 0.1) is 5.41 Å². The molecule has 2 aliphatic carbocycles. The van der Waals surface area contributed by atoms with Crippen LogP contribution in [0.15, 0.2) is 24.3 Å². The summed E-state index contributed by atoms with van der Waals surface area (Å²) in [7, 11) is 1.40.